The highest BCUT2D eigenvalue weighted by Gasteiger charge is 1.83. The second-order valence-electron chi connectivity index (χ2n) is 3.89. The Labute approximate surface area is 113 Å². The first-order chi connectivity index (χ1) is 8.85. The van der Waals surface area contributed by atoms with Gasteiger partial charge in [-0.15, -0.1) is 0 Å². The number of aromatic amines is 2. The minimum atomic E-state index is -4.17. The van der Waals surface area contributed by atoms with Crippen molar-refractivity contribution in [1.82, 2.24) is 9.97 Å². The maximum Gasteiger partial charge on any atom is 0.241 e. The predicted molar refractivity (Wildman–Crippen MR) is 66.7 cm³/mol. The van der Waals surface area contributed by atoms with Gasteiger partial charge in [0.15, 0.2) is 0 Å². The first kappa shape index (κ1) is 17.6. The first-order valence-corrected chi connectivity index (χ1v) is 7.55. The van der Waals surface area contributed by atoms with E-state index in [9.17, 15) is 14.4 Å². The number of aryl methyl sites for hydroxylation is 2. The minimum absolute atomic E-state index is 0.215. The molecule has 0 amide bonds. The van der Waals surface area contributed by atoms with Gasteiger partial charge in [0.2, 0.25) is 12.7 Å². The van der Waals surface area contributed by atoms with E-state index in [1.807, 2.05) is 60.7 Å². The maximum absolute atomic E-state index is 9.70. The van der Waals surface area contributed by atoms with Gasteiger partial charge in [0.1, 0.15) is 24.8 Å². The molecule has 0 radical (unpaired) electrons. The summed E-state index contributed by atoms with van der Waals surface area (Å²) in [7, 11) is -0.228. The molecule has 108 valence electrons. The fourth-order valence-corrected chi connectivity index (χ4v) is 1.55. The van der Waals surface area contributed by atoms with Crippen LogP contribution in [0.2, 0.25) is 0 Å². The van der Waals surface area contributed by atoms with Gasteiger partial charge >= 0.3 is 0 Å². The number of hydrogen-bond donors (Lipinski definition) is 2. The Balaban J connectivity index is 0.000000256. The van der Waals surface area contributed by atoms with Crippen LogP contribution in [0.5, 0.6) is 0 Å². The summed E-state index contributed by atoms with van der Waals surface area (Å²) in [5.41, 5.74) is 0. The average molecular weight is 288 g/mol. The van der Waals surface area contributed by atoms with Crippen molar-refractivity contribution in [3.63, 3.8) is 0 Å². The molecule has 19 heavy (non-hydrogen) atoms. The van der Waals surface area contributed by atoms with Crippen LogP contribution in [-0.2, 0) is 18.7 Å². The number of rotatable bonds is 2. The summed E-state index contributed by atoms with van der Waals surface area (Å²) in [6.07, 6.45) is 11.6. The third-order valence-corrected chi connectivity index (χ3v) is 2.86. The van der Waals surface area contributed by atoms with Crippen molar-refractivity contribution in [2.24, 2.45) is 14.1 Å². The van der Waals surface area contributed by atoms with Gasteiger partial charge in [-0.3, -0.25) is 9.97 Å². The van der Waals surface area contributed by atoms with E-state index in [1.165, 1.54) is 0 Å². The number of hydrogen-bond acceptors (Lipinski definition) is 3. The molecule has 0 unspecified atom stereocenters. The Bertz CT molecular complexity index is 418. The van der Waals surface area contributed by atoms with Crippen LogP contribution in [0.3, 0.4) is 0 Å². The Morgan fingerprint density at radius 2 is 1.47 bits per heavy atom. The summed E-state index contributed by atoms with van der Waals surface area (Å²) in [4.78, 5) is 25.2. The van der Waals surface area contributed by atoms with Crippen LogP contribution in [0, 0.1) is 0 Å². The van der Waals surface area contributed by atoms with Crippen molar-refractivity contribution < 1.29 is 23.5 Å². The van der Waals surface area contributed by atoms with E-state index in [0.29, 0.717) is 6.42 Å². The molecule has 0 aliphatic heterocycles. The van der Waals surface area contributed by atoms with Crippen molar-refractivity contribution in [1.29, 1.82) is 0 Å². The van der Waals surface area contributed by atoms with Crippen LogP contribution in [0.1, 0.15) is 13.3 Å². The monoisotopic (exact) mass is 288 g/mol. The summed E-state index contributed by atoms with van der Waals surface area (Å²) in [6, 6.07) is 0. The molecular weight excluding hydrogens is 267 g/mol. The molecule has 0 saturated heterocycles. The lowest BCUT2D eigenvalue weighted by atomic mass is 10.6. The molecule has 0 aliphatic carbocycles. The molecule has 8 heteroatoms. The van der Waals surface area contributed by atoms with Gasteiger partial charge in [0.25, 0.3) is 0 Å². The van der Waals surface area contributed by atoms with Crippen molar-refractivity contribution in [2.75, 3.05) is 6.16 Å². The smallest absolute Gasteiger partial charge is 0.241 e. The highest BCUT2D eigenvalue weighted by Crippen LogP contribution is 2.22. The number of nitrogens with zero attached hydrogens (tertiary/aromatic N) is 2. The van der Waals surface area contributed by atoms with Crippen LogP contribution in [0.15, 0.2) is 37.4 Å². The lowest BCUT2D eigenvalue weighted by molar-refractivity contribution is -0.670. The normalized spacial score (nSPS) is 9.95. The van der Waals surface area contributed by atoms with Crippen LogP contribution >= 0.6 is 7.60 Å². The largest absolute Gasteiger partial charge is 0.811 e. The Morgan fingerprint density at radius 3 is 1.53 bits per heavy atom. The zero-order chi connectivity index (χ0) is 14.7. The molecule has 7 nitrogen and oxygen atoms in total. The molecule has 0 spiro atoms. The van der Waals surface area contributed by atoms with Crippen LogP contribution in [0.4, 0.5) is 0 Å². The number of imidazole rings is 2. The molecule has 0 aromatic carbocycles. The fraction of sp³-hybridized carbons (Fsp3) is 0.455. The average Bonchev–Trinajstić information content (AvgIpc) is 2.92. The summed E-state index contributed by atoms with van der Waals surface area (Å²) < 4.78 is 13.6. The molecule has 2 N–H and O–H groups in total. The van der Waals surface area contributed by atoms with E-state index < -0.39 is 7.60 Å². The van der Waals surface area contributed by atoms with Crippen molar-refractivity contribution in [3.05, 3.63) is 37.4 Å². The zero-order valence-electron chi connectivity index (χ0n) is 11.4. The van der Waals surface area contributed by atoms with Crippen LogP contribution < -0.4 is 18.9 Å². The summed E-state index contributed by atoms with van der Waals surface area (Å²) in [5.74, 6) is 0. The van der Waals surface area contributed by atoms with E-state index in [1.54, 1.807) is 6.92 Å². The third kappa shape index (κ3) is 12.8. The quantitative estimate of drug-likeness (QED) is 0.546. The lowest BCUT2D eigenvalue weighted by Gasteiger charge is -2.28. The molecule has 0 aliphatic rings. The molecule has 0 fully saturated rings. The van der Waals surface area contributed by atoms with Gasteiger partial charge in [-0.2, -0.15) is 0 Å². The van der Waals surface area contributed by atoms with E-state index in [0.717, 1.165) is 0 Å². The van der Waals surface area contributed by atoms with Gasteiger partial charge in [0.05, 0.1) is 14.1 Å². The lowest BCUT2D eigenvalue weighted by Crippen LogP contribution is -2.22. The molecule has 2 heterocycles. The van der Waals surface area contributed by atoms with E-state index in [2.05, 4.69) is 9.97 Å². The molecular formula is C11H21N4O3P. The second kappa shape index (κ2) is 9.49. The number of H-pyrrole nitrogens is 2. The molecule has 0 bridgehead atoms. The minimum Gasteiger partial charge on any atom is -0.811 e. The maximum atomic E-state index is 9.70. The van der Waals surface area contributed by atoms with Crippen molar-refractivity contribution in [2.45, 2.75) is 13.3 Å². The number of aromatic nitrogens is 4. The van der Waals surface area contributed by atoms with E-state index >= 15 is 0 Å². The SMILES string of the molecule is CCCP(=O)([O-])[O-].C[n+]1cc[nH]c1.C[n+]1cc[nH]c1. The Hall–Kier alpha value is -1.43. The highest BCUT2D eigenvalue weighted by atomic mass is 31.2. The molecule has 2 aromatic rings. The summed E-state index contributed by atoms with van der Waals surface area (Å²) in [5, 5.41) is 0. The zero-order valence-corrected chi connectivity index (χ0v) is 12.3. The fourth-order valence-electron chi connectivity index (χ4n) is 1.00. The van der Waals surface area contributed by atoms with Gasteiger partial charge in [-0.05, 0) is 6.16 Å². The number of nitrogens with one attached hydrogen (secondary N) is 2. The van der Waals surface area contributed by atoms with E-state index in [4.69, 9.17) is 0 Å². The van der Waals surface area contributed by atoms with Gasteiger partial charge < -0.3 is 14.4 Å². The summed E-state index contributed by atoms with van der Waals surface area (Å²) >= 11 is 0. The standard InChI is InChI=1S/2C4H6N2.C3H9O3P/c2*1-6-3-2-5-4-6;1-2-3-7(4,5)6/h2*2-4H,1H3;2-3H2,1H3,(H2,4,5,6). The van der Waals surface area contributed by atoms with E-state index in [-0.39, 0.29) is 6.16 Å². The molecule has 0 atom stereocenters. The van der Waals surface area contributed by atoms with Crippen molar-refractivity contribution >= 4 is 7.60 Å². The van der Waals surface area contributed by atoms with Crippen LogP contribution in [-0.4, -0.2) is 16.1 Å². The molecule has 2 aromatic heterocycles. The topological polar surface area (TPSA) is 103 Å². The summed E-state index contributed by atoms with van der Waals surface area (Å²) in [6.45, 7) is 1.66. The second-order valence-corrected chi connectivity index (χ2v) is 5.56. The Kier molecular flexibility index (Phi) is 8.78. The Morgan fingerprint density at radius 1 is 1.05 bits per heavy atom. The van der Waals surface area contributed by atoms with Gasteiger partial charge in [0, 0.05) is 0 Å². The third-order valence-electron chi connectivity index (χ3n) is 1.87. The molecule has 2 rings (SSSR count). The molecule has 0 saturated carbocycles. The van der Waals surface area contributed by atoms with Gasteiger partial charge in [-0.25, -0.2) is 9.13 Å². The predicted octanol–water partition coefficient (Wildman–Crippen LogP) is -1.01. The first-order valence-electron chi connectivity index (χ1n) is 5.82. The highest BCUT2D eigenvalue weighted by molar-refractivity contribution is 7.48. The van der Waals surface area contributed by atoms with Crippen LogP contribution in [0.25, 0.3) is 0 Å². The van der Waals surface area contributed by atoms with Gasteiger partial charge in [-0.1, -0.05) is 20.9 Å². The van der Waals surface area contributed by atoms with Crippen molar-refractivity contribution in [3.8, 4) is 0 Å².